The molecule has 0 aliphatic rings. The number of rotatable bonds is 10. The number of fused-ring (bicyclic) bond motifs is 1. The first kappa shape index (κ1) is 24.4. The molecule has 6 heteroatoms. The van der Waals surface area contributed by atoms with E-state index in [1.165, 1.54) is 12.5 Å². The number of ketones is 1. The monoisotopic (exact) mass is 446 g/mol. The Hall–Kier alpha value is -3.28. The average Bonchev–Trinajstić information content (AvgIpc) is 3.54. The van der Waals surface area contributed by atoms with Crippen molar-refractivity contribution in [2.45, 2.75) is 72.1 Å². The van der Waals surface area contributed by atoms with E-state index in [1.807, 2.05) is 32.2 Å². The van der Waals surface area contributed by atoms with Crippen molar-refractivity contribution in [1.82, 2.24) is 19.9 Å². The summed E-state index contributed by atoms with van der Waals surface area (Å²) in [5, 5.41) is 1.14. The molecule has 3 heterocycles. The molecule has 0 saturated heterocycles. The third-order valence-corrected chi connectivity index (χ3v) is 5.46. The van der Waals surface area contributed by atoms with E-state index in [2.05, 4.69) is 47.0 Å². The van der Waals surface area contributed by atoms with Crippen molar-refractivity contribution in [3.05, 3.63) is 66.4 Å². The van der Waals surface area contributed by atoms with Gasteiger partial charge in [-0.05, 0) is 30.9 Å². The van der Waals surface area contributed by atoms with Crippen molar-refractivity contribution in [2.24, 2.45) is 0 Å². The van der Waals surface area contributed by atoms with E-state index in [0.29, 0.717) is 12.3 Å². The molecule has 0 amide bonds. The van der Waals surface area contributed by atoms with Gasteiger partial charge in [0.2, 0.25) is 5.78 Å². The molecule has 0 radical (unpaired) electrons. The number of nitrogens with one attached hydrogen (secondary N) is 1. The van der Waals surface area contributed by atoms with Gasteiger partial charge in [-0.1, -0.05) is 58.7 Å². The number of hydrogen-bond donors (Lipinski definition) is 1. The van der Waals surface area contributed by atoms with Crippen LogP contribution in [0.5, 0.6) is 0 Å². The molecular formula is C27H34N4O2. The number of H-pyrrole nitrogens is 1. The molecule has 4 rings (SSSR count). The molecule has 0 saturated carbocycles. The minimum atomic E-state index is -0.0226. The molecule has 0 bridgehead atoms. The number of aromatic amines is 1. The van der Waals surface area contributed by atoms with Gasteiger partial charge >= 0.3 is 0 Å². The quantitative estimate of drug-likeness (QED) is 0.207. The van der Waals surface area contributed by atoms with Crippen LogP contribution in [0.1, 0.15) is 87.9 Å². The van der Waals surface area contributed by atoms with Crippen LogP contribution in [0.3, 0.4) is 0 Å². The van der Waals surface area contributed by atoms with Crippen LogP contribution >= 0.6 is 0 Å². The number of Topliss-reactive ketones (excluding diaryl/α,β-unsaturated/α-hetero) is 1. The molecule has 1 N–H and O–H groups in total. The zero-order chi connectivity index (χ0) is 23.6. The topological polar surface area (TPSA) is 84.7 Å². The van der Waals surface area contributed by atoms with E-state index in [9.17, 15) is 4.79 Å². The van der Waals surface area contributed by atoms with Gasteiger partial charge in [-0.2, -0.15) is 0 Å². The lowest BCUT2D eigenvalue weighted by molar-refractivity contribution is 0.0945. The Kier molecular flexibility index (Phi) is 8.93. The number of aromatic nitrogens is 4. The number of nitrogens with zero attached hydrogens (tertiary/aromatic N) is 3. The minimum Gasteiger partial charge on any atom is -0.442 e. The zero-order valence-corrected chi connectivity index (χ0v) is 20.1. The highest BCUT2D eigenvalue weighted by atomic mass is 16.3. The Morgan fingerprint density at radius 3 is 2.61 bits per heavy atom. The van der Waals surface area contributed by atoms with Crippen molar-refractivity contribution < 1.29 is 9.21 Å². The largest absolute Gasteiger partial charge is 0.442 e. The lowest BCUT2D eigenvalue weighted by Gasteiger charge is -2.12. The van der Waals surface area contributed by atoms with E-state index in [-0.39, 0.29) is 11.7 Å². The number of imidazole rings is 1. The Labute approximate surface area is 195 Å². The van der Waals surface area contributed by atoms with Crippen LogP contribution in [0.25, 0.3) is 22.2 Å². The summed E-state index contributed by atoms with van der Waals surface area (Å²) in [7, 11) is 0. The van der Waals surface area contributed by atoms with Crippen molar-refractivity contribution in [2.75, 3.05) is 0 Å². The molecule has 0 aliphatic carbocycles. The van der Waals surface area contributed by atoms with Crippen LogP contribution in [0.15, 0.2) is 53.4 Å². The number of carbonyl (C=O) groups is 1. The van der Waals surface area contributed by atoms with Gasteiger partial charge in [0.15, 0.2) is 0 Å². The molecule has 0 atom stereocenters. The van der Waals surface area contributed by atoms with Gasteiger partial charge in [-0.15, -0.1) is 0 Å². The first-order chi connectivity index (χ1) is 16.1. The summed E-state index contributed by atoms with van der Waals surface area (Å²) >= 11 is 0. The first-order valence-corrected chi connectivity index (χ1v) is 12.0. The van der Waals surface area contributed by atoms with Crippen LogP contribution in [0.4, 0.5) is 0 Å². The maximum absolute atomic E-state index is 11.9. The fourth-order valence-electron chi connectivity index (χ4n) is 3.81. The smallest absolute Gasteiger partial charge is 0.263 e. The van der Waals surface area contributed by atoms with Crippen molar-refractivity contribution in [1.29, 1.82) is 0 Å². The highest BCUT2D eigenvalue weighted by Gasteiger charge is 2.14. The fraction of sp³-hybridized carbons (Fsp3) is 0.407. The predicted molar refractivity (Wildman–Crippen MR) is 132 cm³/mol. The number of benzene rings is 1. The molecule has 4 aromatic rings. The van der Waals surface area contributed by atoms with E-state index in [0.717, 1.165) is 65.8 Å². The lowest BCUT2D eigenvalue weighted by atomic mass is 9.99. The summed E-state index contributed by atoms with van der Waals surface area (Å²) in [4.78, 5) is 28.8. The predicted octanol–water partition coefficient (Wildman–Crippen LogP) is 7.14. The molecule has 6 nitrogen and oxygen atoms in total. The zero-order valence-electron chi connectivity index (χ0n) is 20.1. The summed E-state index contributed by atoms with van der Waals surface area (Å²) in [6, 6.07) is 10.4. The second kappa shape index (κ2) is 12.1. The number of para-hydroxylation sites is 1. The second-order valence-corrected chi connectivity index (χ2v) is 8.19. The third-order valence-electron chi connectivity index (χ3n) is 5.46. The van der Waals surface area contributed by atoms with Crippen LogP contribution in [0.2, 0.25) is 0 Å². The number of aryl methyl sites for hydroxylation is 1. The van der Waals surface area contributed by atoms with Crippen molar-refractivity contribution in [3.63, 3.8) is 0 Å². The highest BCUT2D eigenvalue weighted by molar-refractivity contribution is 5.91. The van der Waals surface area contributed by atoms with E-state index in [1.54, 1.807) is 0 Å². The molecule has 3 aromatic heterocycles. The molecule has 33 heavy (non-hydrogen) atoms. The normalized spacial score (nSPS) is 10.9. The van der Waals surface area contributed by atoms with E-state index in [4.69, 9.17) is 9.40 Å². The van der Waals surface area contributed by atoms with Crippen molar-refractivity contribution >= 4 is 16.7 Å². The van der Waals surface area contributed by atoms with E-state index < -0.39 is 0 Å². The van der Waals surface area contributed by atoms with Gasteiger partial charge in [0.05, 0.1) is 29.3 Å². The highest BCUT2D eigenvalue weighted by Crippen LogP contribution is 2.30. The van der Waals surface area contributed by atoms with Crippen LogP contribution < -0.4 is 0 Å². The molecule has 0 aliphatic heterocycles. The maximum Gasteiger partial charge on any atom is 0.263 e. The number of oxazole rings is 1. The number of unbranched alkanes of at least 4 members (excludes halogenated alkanes) is 3. The van der Waals surface area contributed by atoms with Crippen LogP contribution in [-0.2, 0) is 6.42 Å². The van der Waals surface area contributed by atoms with Gasteiger partial charge < -0.3 is 9.40 Å². The van der Waals surface area contributed by atoms with Crippen molar-refractivity contribution in [3.8, 4) is 11.3 Å². The second-order valence-electron chi connectivity index (χ2n) is 8.19. The van der Waals surface area contributed by atoms with Crippen LogP contribution in [-0.4, -0.2) is 25.7 Å². The van der Waals surface area contributed by atoms with Gasteiger partial charge in [0, 0.05) is 23.8 Å². The molecule has 0 fully saturated rings. The summed E-state index contributed by atoms with van der Waals surface area (Å²) in [5.41, 5.74) is 4.26. The summed E-state index contributed by atoms with van der Waals surface area (Å²) in [6.07, 6.45) is 10.2. The molecule has 0 spiro atoms. The molecule has 1 aromatic carbocycles. The maximum atomic E-state index is 11.9. The number of pyridine rings is 1. The Bertz CT molecular complexity index is 1150. The number of carbonyl (C=O) groups excluding carboxylic acids is 1. The molecular weight excluding hydrogens is 412 g/mol. The molecule has 174 valence electrons. The summed E-state index contributed by atoms with van der Waals surface area (Å²) < 4.78 is 5.04. The van der Waals surface area contributed by atoms with Gasteiger partial charge in [-0.3, -0.25) is 9.78 Å². The Morgan fingerprint density at radius 1 is 1.06 bits per heavy atom. The summed E-state index contributed by atoms with van der Waals surface area (Å²) in [6.45, 7) is 8.34. The Balaban J connectivity index is 0.00000149. The summed E-state index contributed by atoms with van der Waals surface area (Å²) in [5.74, 6) is 1.51. The van der Waals surface area contributed by atoms with E-state index >= 15 is 0 Å². The van der Waals surface area contributed by atoms with Gasteiger partial charge in [-0.25, -0.2) is 9.97 Å². The van der Waals surface area contributed by atoms with Gasteiger partial charge in [0.1, 0.15) is 12.1 Å². The number of hydrogen-bond acceptors (Lipinski definition) is 5. The lowest BCUT2D eigenvalue weighted by Crippen LogP contribution is -1.99. The third kappa shape index (κ3) is 6.37. The fourth-order valence-corrected chi connectivity index (χ4v) is 3.81. The molecule has 0 unspecified atom stereocenters. The van der Waals surface area contributed by atoms with Crippen LogP contribution in [0, 0.1) is 0 Å². The minimum absolute atomic E-state index is 0.0226. The van der Waals surface area contributed by atoms with Gasteiger partial charge in [0.25, 0.3) is 5.89 Å². The SMILES string of the molecule is CC.CC(C)c1nc2ccccc2cc1-c1cnc(CCCCCCC(=O)c2ncco2)[nH]1. The standard InChI is InChI=1S/C25H28N4O2.C2H6/c1-17(2)24-19(15-18-9-7-8-10-20(18)29-24)21-16-27-23(28-21)12-6-4-3-5-11-22(30)25-26-13-14-31-25;1-2/h7-10,13-17H,3-6,11-12H2,1-2H3,(H,27,28);1-2H3. The first-order valence-electron chi connectivity index (χ1n) is 12.0. The average molecular weight is 447 g/mol. The Morgan fingerprint density at radius 2 is 1.85 bits per heavy atom.